The topological polar surface area (TPSA) is 124 Å². The van der Waals surface area contributed by atoms with Crippen molar-refractivity contribution >= 4 is 66.7 Å². The molecule has 2 heterocycles. The number of nitrogens with zero attached hydrogens (tertiary/aromatic N) is 3. The molecule has 15 heteroatoms. The van der Waals surface area contributed by atoms with Gasteiger partial charge in [-0.2, -0.15) is 4.31 Å². The number of carbonyl (C=O) groups excluding carboxylic acids is 2. The largest absolute Gasteiger partial charge is 0.310 e. The molecular weight excluding hydrogens is 623 g/mol. The van der Waals surface area contributed by atoms with E-state index in [0.29, 0.717) is 16.3 Å². The van der Waals surface area contributed by atoms with Crippen LogP contribution in [0.25, 0.3) is 0 Å². The first kappa shape index (κ1) is 29.1. The van der Waals surface area contributed by atoms with Crippen LogP contribution in [0, 0.1) is 0 Å². The number of amides is 2. The van der Waals surface area contributed by atoms with Crippen molar-refractivity contribution in [3.8, 4) is 0 Å². The van der Waals surface area contributed by atoms with Crippen LogP contribution in [0.1, 0.15) is 5.56 Å². The predicted octanol–water partition coefficient (Wildman–Crippen LogP) is 2.63. The highest BCUT2D eigenvalue weighted by Crippen LogP contribution is 2.36. The number of hydrogen-bond acceptors (Lipinski definition) is 6. The van der Waals surface area contributed by atoms with Gasteiger partial charge in [0, 0.05) is 28.7 Å². The molecule has 10 nitrogen and oxygen atoms in total. The van der Waals surface area contributed by atoms with Gasteiger partial charge in [0.1, 0.15) is 23.1 Å². The second kappa shape index (κ2) is 10.8. The minimum absolute atomic E-state index is 0.0346. The highest BCUT2D eigenvalue weighted by Gasteiger charge is 2.54. The summed E-state index contributed by atoms with van der Waals surface area (Å²) in [5.74, 6) is -1.15. The maximum atomic E-state index is 14.1. The fraction of sp³-hybridized carbons (Fsp3) is 0.280. The van der Waals surface area contributed by atoms with Gasteiger partial charge in [-0.05, 0) is 48.0 Å². The quantitative estimate of drug-likeness (QED) is 0.494. The van der Waals surface area contributed by atoms with E-state index in [0.717, 1.165) is 10.6 Å². The zero-order valence-corrected chi connectivity index (χ0v) is 24.8. The van der Waals surface area contributed by atoms with Gasteiger partial charge in [0.05, 0.1) is 17.8 Å². The molecule has 1 aliphatic carbocycles. The van der Waals surface area contributed by atoms with Crippen LogP contribution in [0.4, 0.5) is 0 Å². The summed E-state index contributed by atoms with van der Waals surface area (Å²) in [6.07, 6.45) is 4.90. The molecule has 0 spiro atoms. The van der Waals surface area contributed by atoms with E-state index < -0.39 is 56.7 Å². The fourth-order valence-electron chi connectivity index (χ4n) is 4.98. The second-order valence-electron chi connectivity index (χ2n) is 9.56. The molecule has 2 aliphatic heterocycles. The number of benzene rings is 2. The molecule has 212 valence electrons. The zero-order chi connectivity index (χ0) is 29.0. The van der Waals surface area contributed by atoms with Crippen LogP contribution in [-0.4, -0.2) is 80.3 Å². The molecule has 0 radical (unpaired) electrons. The third kappa shape index (κ3) is 5.54. The Kier molecular flexibility index (Phi) is 7.81. The van der Waals surface area contributed by atoms with E-state index in [1.54, 1.807) is 42.5 Å². The van der Waals surface area contributed by atoms with E-state index in [-0.39, 0.29) is 27.9 Å². The van der Waals surface area contributed by atoms with Gasteiger partial charge in [0.25, 0.3) is 0 Å². The average molecular weight is 646 g/mol. The lowest BCUT2D eigenvalue weighted by molar-refractivity contribution is -0.164. The lowest BCUT2D eigenvalue weighted by Gasteiger charge is -2.53. The Hall–Kier alpha value is -2.45. The Morgan fingerprint density at radius 3 is 2.15 bits per heavy atom. The molecular formula is C25H23Cl3N4O6S2. The van der Waals surface area contributed by atoms with Crippen molar-refractivity contribution in [3.05, 3.63) is 87.0 Å². The maximum absolute atomic E-state index is 14.1. The van der Waals surface area contributed by atoms with Crippen LogP contribution in [0.5, 0.6) is 0 Å². The van der Waals surface area contributed by atoms with Crippen molar-refractivity contribution < 1.29 is 26.4 Å². The average Bonchev–Trinajstić information content (AvgIpc) is 2.82. The van der Waals surface area contributed by atoms with Gasteiger partial charge in [-0.3, -0.25) is 9.59 Å². The molecule has 5 rings (SSSR count). The molecule has 3 atom stereocenters. The second-order valence-corrected chi connectivity index (χ2v) is 14.5. The van der Waals surface area contributed by atoms with Gasteiger partial charge in [-0.1, -0.05) is 53.0 Å². The van der Waals surface area contributed by atoms with E-state index in [4.69, 9.17) is 34.8 Å². The van der Waals surface area contributed by atoms with Gasteiger partial charge in [0.15, 0.2) is 0 Å². The third-order valence-corrected chi connectivity index (χ3v) is 10.4. The standard InChI is InChI=1S/C25H23Cl3N4O6S2/c1-39(35,36)29-20-13-31(40(37,38)22-10-9-17(27)12-19(22)28)23-14-30(18-3-2-4-18)25(34)21(32(23)24(20)33)11-15-5-7-16(26)8-6-15/h2-10,12,20-21,23,29H,11,13-14H2,1H3. The van der Waals surface area contributed by atoms with E-state index in [9.17, 15) is 26.4 Å². The molecule has 1 N–H and O–H groups in total. The number of halogens is 3. The summed E-state index contributed by atoms with van der Waals surface area (Å²) in [5.41, 5.74) is 1.24. The van der Waals surface area contributed by atoms with Crippen molar-refractivity contribution in [3.63, 3.8) is 0 Å². The molecule has 0 aromatic heterocycles. The van der Waals surface area contributed by atoms with Crippen molar-refractivity contribution in [1.29, 1.82) is 0 Å². The van der Waals surface area contributed by atoms with Gasteiger partial charge in [-0.25, -0.2) is 21.6 Å². The molecule has 40 heavy (non-hydrogen) atoms. The third-order valence-electron chi connectivity index (χ3n) is 6.83. The van der Waals surface area contributed by atoms with E-state index in [2.05, 4.69) is 4.72 Å². The van der Waals surface area contributed by atoms with Crippen molar-refractivity contribution in [2.24, 2.45) is 0 Å². The number of carbonyl (C=O) groups is 2. The number of sulfonamides is 2. The first-order valence-electron chi connectivity index (χ1n) is 12.0. The maximum Gasteiger partial charge on any atom is 0.250 e. The Balaban J connectivity index is 1.64. The summed E-state index contributed by atoms with van der Waals surface area (Å²) in [6.45, 7) is -0.688. The fourth-order valence-corrected chi connectivity index (χ4v) is 8.13. The SMILES string of the molecule is CS(=O)(=O)NC1CN(S(=O)(=O)c2ccc(Cl)cc2Cl)C2CN(C3=CC=C3)C(=O)C(Cc3ccc(Cl)cc3)N2C1=O. The first-order valence-corrected chi connectivity index (χ1v) is 16.4. The van der Waals surface area contributed by atoms with E-state index in [1.165, 1.54) is 28.0 Å². The summed E-state index contributed by atoms with van der Waals surface area (Å²) in [4.78, 5) is 30.0. The van der Waals surface area contributed by atoms with E-state index >= 15 is 0 Å². The number of hydrogen-bond donors (Lipinski definition) is 1. The molecule has 2 aromatic carbocycles. The Labute approximate surface area is 246 Å². The van der Waals surface area contributed by atoms with Gasteiger partial charge in [-0.15, -0.1) is 0 Å². The molecule has 2 aromatic rings. The number of piperazine rings is 1. The summed E-state index contributed by atoms with van der Waals surface area (Å²) >= 11 is 18.3. The van der Waals surface area contributed by atoms with Crippen LogP contribution in [0.3, 0.4) is 0 Å². The van der Waals surface area contributed by atoms with Crippen LogP contribution < -0.4 is 4.72 Å². The lowest BCUT2D eigenvalue weighted by atomic mass is 9.96. The predicted molar refractivity (Wildman–Crippen MR) is 151 cm³/mol. The Morgan fingerprint density at radius 1 is 0.925 bits per heavy atom. The molecule has 0 bridgehead atoms. The van der Waals surface area contributed by atoms with Crippen LogP contribution in [0.2, 0.25) is 15.1 Å². The van der Waals surface area contributed by atoms with Crippen molar-refractivity contribution in [1.82, 2.24) is 18.8 Å². The number of nitrogens with one attached hydrogen (secondary N) is 1. The normalized spacial score (nSPS) is 23.6. The Bertz CT molecular complexity index is 1660. The first-order chi connectivity index (χ1) is 18.8. The van der Waals surface area contributed by atoms with Gasteiger partial charge < -0.3 is 9.80 Å². The summed E-state index contributed by atoms with van der Waals surface area (Å²) in [6, 6.07) is 7.94. The molecule has 2 fully saturated rings. The van der Waals surface area contributed by atoms with E-state index in [1.807, 2.05) is 0 Å². The zero-order valence-electron chi connectivity index (χ0n) is 20.9. The van der Waals surface area contributed by atoms with Crippen molar-refractivity contribution in [2.75, 3.05) is 19.3 Å². The van der Waals surface area contributed by atoms with Crippen LogP contribution in [0.15, 0.2) is 71.3 Å². The molecule has 2 amide bonds. The molecule has 3 aliphatic rings. The van der Waals surface area contributed by atoms with Crippen LogP contribution in [-0.2, 0) is 36.1 Å². The summed E-state index contributed by atoms with van der Waals surface area (Å²) in [5, 5.41) is 0.554. The number of fused-ring (bicyclic) bond motifs is 1. The minimum Gasteiger partial charge on any atom is -0.310 e. The molecule has 2 saturated heterocycles. The summed E-state index contributed by atoms with van der Waals surface area (Å²) < 4.78 is 55.8. The molecule has 3 unspecified atom stereocenters. The smallest absolute Gasteiger partial charge is 0.250 e. The van der Waals surface area contributed by atoms with Crippen LogP contribution >= 0.6 is 34.8 Å². The molecule has 0 saturated carbocycles. The Morgan fingerprint density at radius 2 is 1.57 bits per heavy atom. The highest BCUT2D eigenvalue weighted by molar-refractivity contribution is 7.89. The van der Waals surface area contributed by atoms with Gasteiger partial charge >= 0.3 is 0 Å². The summed E-state index contributed by atoms with van der Waals surface area (Å²) in [7, 11) is -8.37. The monoisotopic (exact) mass is 644 g/mol. The number of rotatable bonds is 7. The minimum atomic E-state index is -4.43. The lowest BCUT2D eigenvalue weighted by Crippen LogP contribution is -2.75. The highest BCUT2D eigenvalue weighted by atomic mass is 35.5. The van der Waals surface area contributed by atoms with Crippen molar-refractivity contribution in [2.45, 2.75) is 29.6 Å². The number of allylic oxidation sites excluding steroid dienone is 3. The van der Waals surface area contributed by atoms with Gasteiger partial charge in [0.2, 0.25) is 31.9 Å².